The van der Waals surface area contributed by atoms with Gasteiger partial charge < -0.3 is 10.6 Å². The van der Waals surface area contributed by atoms with Crippen molar-refractivity contribution in [2.45, 2.75) is 11.3 Å². The minimum absolute atomic E-state index is 0.0689. The van der Waals surface area contributed by atoms with Gasteiger partial charge in [0.15, 0.2) is 15.8 Å². The first-order valence-electron chi connectivity index (χ1n) is 10.2. The average molecular weight is 431 g/mol. The Labute approximate surface area is 176 Å². The molecule has 8 nitrogen and oxygen atoms in total. The highest BCUT2D eigenvalue weighted by atomic mass is 32.2. The van der Waals surface area contributed by atoms with Gasteiger partial charge in [-0.2, -0.15) is 0 Å². The predicted molar refractivity (Wildman–Crippen MR) is 112 cm³/mol. The van der Waals surface area contributed by atoms with E-state index in [0.29, 0.717) is 12.5 Å². The van der Waals surface area contributed by atoms with Crippen LogP contribution in [0.2, 0.25) is 0 Å². The number of nitrogens with zero attached hydrogens (tertiary/aromatic N) is 2. The first-order valence-corrected chi connectivity index (χ1v) is 11.8. The molecule has 1 saturated carbocycles. The van der Waals surface area contributed by atoms with Gasteiger partial charge in [-0.3, -0.25) is 19.5 Å². The molecule has 3 aliphatic rings. The van der Waals surface area contributed by atoms with Crippen molar-refractivity contribution in [3.63, 3.8) is 0 Å². The minimum atomic E-state index is -3.37. The lowest BCUT2D eigenvalue weighted by atomic mass is 9.85. The summed E-state index contributed by atoms with van der Waals surface area (Å²) >= 11 is 0. The van der Waals surface area contributed by atoms with Gasteiger partial charge >= 0.3 is 0 Å². The number of nitrogens with one attached hydrogen (secondary N) is 2. The van der Waals surface area contributed by atoms with Crippen LogP contribution in [0.25, 0.3) is 0 Å². The number of fused-ring (bicyclic) bond motifs is 5. The van der Waals surface area contributed by atoms with Crippen LogP contribution in [-0.2, 0) is 19.4 Å². The van der Waals surface area contributed by atoms with E-state index in [0.717, 1.165) is 6.42 Å². The summed E-state index contributed by atoms with van der Waals surface area (Å²) in [5, 5.41) is 6.02. The zero-order valence-corrected chi connectivity index (χ0v) is 17.6. The highest BCUT2D eigenvalue weighted by molar-refractivity contribution is 7.91. The van der Waals surface area contributed by atoms with E-state index in [2.05, 4.69) is 27.8 Å². The molecule has 4 rings (SSSR count). The van der Waals surface area contributed by atoms with E-state index in [9.17, 15) is 18.0 Å². The van der Waals surface area contributed by atoms with Gasteiger partial charge in [0, 0.05) is 26.7 Å². The molecule has 0 radical (unpaired) electrons. The standard InChI is InChI=1S/C21H26N4O4S/c1-22-21(24-10-12-30(28,29)16-5-3-2-4-6-16)23-9-11-25-19(26)17-14-7-8-15(13-14)18(17)20(25)27/h2-8,14-15,17-18H,9-13H2,1H3,(H2,22,23,24). The molecule has 0 spiro atoms. The number of aliphatic imine (C=N–C) groups is 1. The quantitative estimate of drug-likeness (QED) is 0.281. The second-order valence-corrected chi connectivity index (χ2v) is 9.99. The fourth-order valence-electron chi connectivity index (χ4n) is 4.74. The number of likely N-dealkylation sites (tertiary alicyclic amines) is 1. The summed E-state index contributed by atoms with van der Waals surface area (Å²) in [6, 6.07) is 8.30. The summed E-state index contributed by atoms with van der Waals surface area (Å²) in [5.74, 6) is 0.257. The molecule has 1 aromatic carbocycles. The van der Waals surface area contributed by atoms with Crippen LogP contribution in [0, 0.1) is 23.7 Å². The number of rotatable bonds is 7. The van der Waals surface area contributed by atoms with Gasteiger partial charge in [0.05, 0.1) is 22.5 Å². The Morgan fingerprint density at radius 2 is 1.63 bits per heavy atom. The van der Waals surface area contributed by atoms with Crippen molar-refractivity contribution in [3.05, 3.63) is 42.5 Å². The number of hydrogen-bond acceptors (Lipinski definition) is 5. The van der Waals surface area contributed by atoms with Gasteiger partial charge in [-0.05, 0) is 30.4 Å². The van der Waals surface area contributed by atoms with E-state index in [1.54, 1.807) is 37.4 Å². The molecule has 2 fully saturated rings. The highest BCUT2D eigenvalue weighted by Crippen LogP contribution is 2.52. The molecule has 4 atom stereocenters. The lowest BCUT2D eigenvalue weighted by Crippen LogP contribution is -2.44. The van der Waals surface area contributed by atoms with E-state index in [1.165, 1.54) is 4.90 Å². The molecular weight excluding hydrogens is 404 g/mol. The van der Waals surface area contributed by atoms with Gasteiger partial charge in [-0.15, -0.1) is 0 Å². The number of imide groups is 1. The zero-order chi connectivity index (χ0) is 21.3. The number of carbonyl (C=O) groups is 2. The van der Waals surface area contributed by atoms with Crippen molar-refractivity contribution >= 4 is 27.6 Å². The Morgan fingerprint density at radius 1 is 1.03 bits per heavy atom. The third-order valence-electron chi connectivity index (χ3n) is 6.18. The Hall–Kier alpha value is -2.68. The second kappa shape index (κ2) is 8.22. The smallest absolute Gasteiger partial charge is 0.233 e. The molecule has 1 aliphatic heterocycles. The first kappa shape index (κ1) is 20.6. The summed E-state index contributed by atoms with van der Waals surface area (Å²) in [4.78, 5) is 31.1. The summed E-state index contributed by atoms with van der Waals surface area (Å²) in [7, 11) is -1.79. The number of amides is 2. The molecule has 2 aliphatic carbocycles. The summed E-state index contributed by atoms with van der Waals surface area (Å²) in [5.41, 5.74) is 0. The molecule has 1 aromatic rings. The second-order valence-electron chi connectivity index (χ2n) is 7.89. The lowest BCUT2D eigenvalue weighted by molar-refractivity contribution is -0.140. The van der Waals surface area contributed by atoms with E-state index < -0.39 is 9.84 Å². The predicted octanol–water partition coefficient (Wildman–Crippen LogP) is 0.432. The molecule has 0 aromatic heterocycles. The van der Waals surface area contributed by atoms with Gasteiger partial charge in [0.2, 0.25) is 11.8 Å². The van der Waals surface area contributed by atoms with Crippen LogP contribution in [0.4, 0.5) is 0 Å². The van der Waals surface area contributed by atoms with Gasteiger partial charge in [0.25, 0.3) is 0 Å². The Kier molecular flexibility index (Phi) is 5.64. The van der Waals surface area contributed by atoms with Crippen molar-refractivity contribution in [3.8, 4) is 0 Å². The normalized spacial score (nSPS) is 27.6. The molecule has 160 valence electrons. The topological polar surface area (TPSA) is 108 Å². The number of hydrogen-bond donors (Lipinski definition) is 2. The van der Waals surface area contributed by atoms with Crippen LogP contribution in [0.1, 0.15) is 6.42 Å². The highest BCUT2D eigenvalue weighted by Gasteiger charge is 2.58. The molecule has 30 heavy (non-hydrogen) atoms. The Balaban J connectivity index is 1.24. The average Bonchev–Trinajstić information content (AvgIpc) is 3.42. The van der Waals surface area contributed by atoms with Crippen LogP contribution in [-0.4, -0.2) is 63.5 Å². The molecule has 2 bridgehead atoms. The van der Waals surface area contributed by atoms with Crippen molar-refractivity contribution in [2.24, 2.45) is 28.7 Å². The van der Waals surface area contributed by atoms with Crippen LogP contribution >= 0.6 is 0 Å². The molecule has 2 N–H and O–H groups in total. The van der Waals surface area contributed by atoms with Crippen molar-refractivity contribution in [1.82, 2.24) is 15.5 Å². The fraction of sp³-hybridized carbons (Fsp3) is 0.476. The summed E-state index contributed by atoms with van der Waals surface area (Å²) < 4.78 is 24.7. The molecular formula is C21H26N4O4S. The lowest BCUT2D eigenvalue weighted by Gasteiger charge is -2.18. The minimum Gasteiger partial charge on any atom is -0.355 e. The monoisotopic (exact) mass is 430 g/mol. The van der Waals surface area contributed by atoms with Gasteiger partial charge in [0.1, 0.15) is 0 Å². The van der Waals surface area contributed by atoms with Gasteiger partial charge in [-0.25, -0.2) is 8.42 Å². The van der Waals surface area contributed by atoms with Crippen LogP contribution in [0.15, 0.2) is 52.4 Å². The van der Waals surface area contributed by atoms with E-state index in [4.69, 9.17) is 0 Å². The number of guanidine groups is 1. The van der Waals surface area contributed by atoms with Crippen LogP contribution in [0.3, 0.4) is 0 Å². The SMILES string of the molecule is CN=C(NCCN1C(=O)C2C3C=CC(C3)C2C1=O)NCCS(=O)(=O)c1ccccc1. The molecule has 9 heteroatoms. The molecule has 1 saturated heterocycles. The summed E-state index contributed by atoms with van der Waals surface area (Å²) in [6.45, 7) is 0.815. The van der Waals surface area contributed by atoms with Crippen LogP contribution < -0.4 is 10.6 Å². The number of carbonyl (C=O) groups excluding carboxylic acids is 2. The Morgan fingerprint density at radius 3 is 2.23 bits per heavy atom. The van der Waals surface area contributed by atoms with E-state index >= 15 is 0 Å². The maximum atomic E-state index is 12.7. The molecule has 4 unspecified atom stereocenters. The largest absolute Gasteiger partial charge is 0.355 e. The maximum absolute atomic E-state index is 12.7. The van der Waals surface area contributed by atoms with Crippen molar-refractivity contribution < 1.29 is 18.0 Å². The number of sulfone groups is 1. The van der Waals surface area contributed by atoms with Crippen molar-refractivity contribution in [1.29, 1.82) is 0 Å². The zero-order valence-electron chi connectivity index (χ0n) is 16.8. The maximum Gasteiger partial charge on any atom is 0.233 e. The third kappa shape index (κ3) is 3.74. The first-order chi connectivity index (χ1) is 14.4. The van der Waals surface area contributed by atoms with Crippen molar-refractivity contribution in [2.75, 3.05) is 32.4 Å². The van der Waals surface area contributed by atoms with Crippen LogP contribution in [0.5, 0.6) is 0 Å². The fourth-order valence-corrected chi connectivity index (χ4v) is 5.92. The molecule has 2 amide bonds. The molecule has 1 heterocycles. The third-order valence-corrected chi connectivity index (χ3v) is 7.91. The number of benzene rings is 1. The number of allylic oxidation sites excluding steroid dienone is 2. The van der Waals surface area contributed by atoms with Gasteiger partial charge in [-0.1, -0.05) is 30.4 Å². The van der Waals surface area contributed by atoms with E-state index in [-0.39, 0.29) is 59.2 Å². The Bertz CT molecular complexity index is 960. The van der Waals surface area contributed by atoms with E-state index in [1.807, 2.05) is 0 Å². The summed E-state index contributed by atoms with van der Waals surface area (Å²) in [6.07, 6.45) is 5.07.